The van der Waals surface area contributed by atoms with Crippen LogP contribution in [0.25, 0.3) is 49.0 Å². The van der Waals surface area contributed by atoms with E-state index in [1.807, 2.05) is 0 Å². The SMILES string of the molecule is C/C(C#N)=c1/c2c3cccc4c(C)cc(C(F)(F)F)c(C)ccc(C#N)c(c=2c2cccc(-c5ccc(C(F)(F)F)c(C(F)(F)F)c5)c12)c43. The normalized spacial score (nSPS) is 13.2. The quantitative estimate of drug-likeness (QED) is 0.163. The summed E-state index contributed by atoms with van der Waals surface area (Å²) in [7, 11) is 0. The second-order valence-electron chi connectivity index (χ2n) is 11.7. The molecule has 0 aliphatic heterocycles. The lowest BCUT2D eigenvalue weighted by molar-refractivity contribution is -0.162. The molecule has 0 atom stereocenters. The standard InChI is InChI=1S/C38H21F9N2/c1-18-10-11-22(17-49)31-32-23(19(2)14-28(18)37(42,43)44)6-4-8-25(32)34-30(20(3)16-48)33-24(7-5-9-26(33)35(31)34)21-12-13-27(36(39,40)41)29(15-21)38(45,46)47/h4-15H,1-3H3/b11-10?,18-10?,19-14?,22-11?,23-19?,28-14?,28-18?,30-20-,31-22?. The zero-order valence-electron chi connectivity index (χ0n) is 25.7. The Morgan fingerprint density at radius 2 is 1.16 bits per heavy atom. The molecule has 246 valence electrons. The van der Waals surface area contributed by atoms with E-state index in [4.69, 9.17) is 0 Å². The van der Waals surface area contributed by atoms with Gasteiger partial charge in [-0.3, -0.25) is 0 Å². The first-order valence-electron chi connectivity index (χ1n) is 14.6. The summed E-state index contributed by atoms with van der Waals surface area (Å²) in [6, 6.07) is 18.9. The second-order valence-corrected chi connectivity index (χ2v) is 11.7. The molecule has 0 saturated heterocycles. The molecule has 0 saturated carbocycles. The molecule has 0 spiro atoms. The van der Waals surface area contributed by atoms with Crippen LogP contribution in [0.3, 0.4) is 0 Å². The summed E-state index contributed by atoms with van der Waals surface area (Å²) in [6.07, 6.45) is -15.3. The van der Waals surface area contributed by atoms with E-state index in [-0.39, 0.29) is 44.0 Å². The van der Waals surface area contributed by atoms with Crippen LogP contribution < -0.4 is 5.22 Å². The summed E-state index contributed by atoms with van der Waals surface area (Å²) in [5.41, 5.74) is -4.47. The summed E-state index contributed by atoms with van der Waals surface area (Å²) >= 11 is 0. The minimum absolute atomic E-state index is 0.00428. The van der Waals surface area contributed by atoms with Crippen molar-refractivity contribution in [2.24, 2.45) is 0 Å². The van der Waals surface area contributed by atoms with Gasteiger partial charge in [0.25, 0.3) is 0 Å². The fourth-order valence-electron chi connectivity index (χ4n) is 6.75. The van der Waals surface area contributed by atoms with Crippen molar-refractivity contribution in [1.82, 2.24) is 0 Å². The van der Waals surface area contributed by atoms with Gasteiger partial charge >= 0.3 is 18.5 Å². The molecule has 11 heteroatoms. The Balaban J connectivity index is 1.92. The van der Waals surface area contributed by atoms with E-state index in [0.717, 1.165) is 12.1 Å². The van der Waals surface area contributed by atoms with Crippen molar-refractivity contribution in [3.05, 3.63) is 122 Å². The van der Waals surface area contributed by atoms with Crippen molar-refractivity contribution >= 4 is 37.9 Å². The highest BCUT2D eigenvalue weighted by Crippen LogP contribution is 2.44. The Kier molecular flexibility index (Phi) is 7.67. The van der Waals surface area contributed by atoms with Crippen LogP contribution >= 0.6 is 0 Å². The Bertz CT molecular complexity index is 2620. The largest absolute Gasteiger partial charge is 0.417 e. The van der Waals surface area contributed by atoms with Gasteiger partial charge in [0.15, 0.2) is 0 Å². The maximum absolute atomic E-state index is 14.1. The van der Waals surface area contributed by atoms with Crippen LogP contribution in [-0.2, 0) is 18.5 Å². The third-order valence-corrected chi connectivity index (χ3v) is 8.81. The summed E-state index contributed by atoms with van der Waals surface area (Å²) in [5.74, 6) is 0. The Hall–Kier alpha value is -5.55. The highest BCUT2D eigenvalue weighted by molar-refractivity contribution is 6.18. The zero-order chi connectivity index (χ0) is 35.8. The van der Waals surface area contributed by atoms with Gasteiger partial charge in [0.1, 0.15) is 0 Å². The van der Waals surface area contributed by atoms with E-state index in [1.54, 1.807) is 24.3 Å². The minimum atomic E-state index is -5.34. The molecule has 2 aliphatic rings. The first-order valence-corrected chi connectivity index (χ1v) is 14.6. The van der Waals surface area contributed by atoms with Crippen LogP contribution in [0, 0.1) is 46.9 Å². The van der Waals surface area contributed by atoms with E-state index >= 15 is 0 Å². The fraction of sp³-hybridized carbons (Fsp3) is 0.158. The summed E-state index contributed by atoms with van der Waals surface area (Å²) < 4.78 is 125. The van der Waals surface area contributed by atoms with Crippen LogP contribution in [0.1, 0.15) is 40.3 Å². The fourth-order valence-corrected chi connectivity index (χ4v) is 6.75. The van der Waals surface area contributed by atoms with Crippen molar-refractivity contribution < 1.29 is 39.5 Å². The van der Waals surface area contributed by atoms with Crippen LogP contribution in [0.4, 0.5) is 39.5 Å². The predicted molar refractivity (Wildman–Crippen MR) is 168 cm³/mol. The van der Waals surface area contributed by atoms with Crippen LogP contribution in [0.15, 0.2) is 72.8 Å². The van der Waals surface area contributed by atoms with Crippen LogP contribution in [0.5, 0.6) is 0 Å². The lowest BCUT2D eigenvalue weighted by Gasteiger charge is -2.17. The number of alkyl halides is 9. The highest BCUT2D eigenvalue weighted by Gasteiger charge is 2.43. The molecule has 0 bridgehead atoms. The maximum atomic E-state index is 14.1. The Morgan fingerprint density at radius 1 is 0.571 bits per heavy atom. The van der Waals surface area contributed by atoms with Gasteiger partial charge in [-0.1, -0.05) is 48.5 Å². The molecule has 4 aromatic rings. The zero-order valence-corrected chi connectivity index (χ0v) is 25.7. The lowest BCUT2D eigenvalue weighted by Crippen LogP contribution is -2.16. The van der Waals surface area contributed by atoms with E-state index in [1.165, 1.54) is 45.0 Å². The van der Waals surface area contributed by atoms with Gasteiger partial charge in [-0.25, -0.2) is 0 Å². The molecule has 49 heavy (non-hydrogen) atoms. The number of halogens is 9. The van der Waals surface area contributed by atoms with Gasteiger partial charge in [0, 0.05) is 21.4 Å². The molecule has 0 unspecified atom stereocenters. The molecule has 2 aliphatic carbocycles. The third-order valence-electron chi connectivity index (χ3n) is 8.81. The van der Waals surface area contributed by atoms with Gasteiger partial charge in [0.05, 0.1) is 34.4 Å². The number of benzene rings is 3. The first-order chi connectivity index (χ1) is 22.9. The van der Waals surface area contributed by atoms with Crippen molar-refractivity contribution in [2.75, 3.05) is 0 Å². The van der Waals surface area contributed by atoms with Gasteiger partial charge in [0.2, 0.25) is 0 Å². The number of nitrogens with zero attached hydrogens (tertiary/aromatic N) is 2. The molecule has 2 nitrogen and oxygen atoms in total. The highest BCUT2D eigenvalue weighted by atomic mass is 19.4. The molecule has 4 aromatic carbocycles. The number of hydrogen-bond acceptors (Lipinski definition) is 2. The number of nitriles is 2. The monoisotopic (exact) mass is 676 g/mol. The van der Waals surface area contributed by atoms with E-state index in [9.17, 15) is 50.0 Å². The summed E-state index contributed by atoms with van der Waals surface area (Å²) in [5, 5.41) is 24.1. The van der Waals surface area contributed by atoms with E-state index < -0.39 is 35.2 Å². The smallest absolute Gasteiger partial charge is 0.193 e. The molecule has 0 N–H and O–H groups in total. The maximum Gasteiger partial charge on any atom is 0.417 e. The topological polar surface area (TPSA) is 47.6 Å². The van der Waals surface area contributed by atoms with Crippen LogP contribution in [0.2, 0.25) is 0 Å². The number of fused-ring (bicyclic) bond motifs is 4. The number of hydrogen-bond donors (Lipinski definition) is 0. The molecule has 0 radical (unpaired) electrons. The molecule has 0 amide bonds. The van der Waals surface area contributed by atoms with Gasteiger partial charge < -0.3 is 0 Å². The average Bonchev–Trinajstić information content (AvgIpc) is 3.54. The summed E-state index contributed by atoms with van der Waals surface area (Å²) in [6.45, 7) is 4.27. The van der Waals surface area contributed by atoms with Crippen LogP contribution in [-0.4, -0.2) is 0 Å². The number of rotatable bonds is 1. The van der Waals surface area contributed by atoms with Crippen molar-refractivity contribution in [2.45, 2.75) is 39.3 Å². The molecule has 6 rings (SSSR count). The van der Waals surface area contributed by atoms with Gasteiger partial charge in [-0.2, -0.15) is 50.0 Å². The molecular weight excluding hydrogens is 655 g/mol. The molecular formula is C38H21F9N2. The van der Waals surface area contributed by atoms with Gasteiger partial charge in [-0.15, -0.1) is 0 Å². The first kappa shape index (κ1) is 33.4. The lowest BCUT2D eigenvalue weighted by atomic mass is 9.93. The van der Waals surface area contributed by atoms with E-state index in [0.29, 0.717) is 49.5 Å². The third kappa shape index (κ3) is 5.30. The second kappa shape index (κ2) is 11.3. The molecule has 0 fully saturated rings. The Labute approximate surface area is 272 Å². The summed E-state index contributed by atoms with van der Waals surface area (Å²) in [4.78, 5) is 0. The van der Waals surface area contributed by atoms with Crippen molar-refractivity contribution in [1.29, 1.82) is 10.5 Å². The van der Waals surface area contributed by atoms with Crippen molar-refractivity contribution in [3.8, 4) is 23.3 Å². The minimum Gasteiger partial charge on any atom is -0.193 e. The van der Waals surface area contributed by atoms with Gasteiger partial charge in [-0.05, 0) is 99.4 Å². The molecule has 0 heterocycles. The molecule has 0 aromatic heterocycles. The van der Waals surface area contributed by atoms with Crippen molar-refractivity contribution in [3.63, 3.8) is 0 Å². The number of aryl methyl sites for hydroxylation is 2. The predicted octanol–water partition coefficient (Wildman–Crippen LogP) is 11.1. The average molecular weight is 677 g/mol. The van der Waals surface area contributed by atoms with E-state index in [2.05, 4.69) is 12.1 Å². The Morgan fingerprint density at radius 3 is 1.76 bits per heavy atom.